The van der Waals surface area contributed by atoms with Crippen molar-refractivity contribution in [3.63, 3.8) is 0 Å². The molecule has 2 aliphatic heterocycles. The average molecular weight is 577 g/mol. The van der Waals surface area contributed by atoms with Gasteiger partial charge >= 0.3 is 12.3 Å². The summed E-state index contributed by atoms with van der Waals surface area (Å²) in [6.45, 7) is -1.23. The van der Waals surface area contributed by atoms with E-state index in [9.17, 15) is 45.8 Å². The molecule has 0 saturated carbocycles. The Hall–Kier alpha value is -3.82. The number of aliphatic hydroxyl groups excluding tert-OH is 1. The maximum atomic E-state index is 14.2. The number of aromatic nitrogens is 2. The van der Waals surface area contributed by atoms with Gasteiger partial charge in [0.15, 0.2) is 17.3 Å². The molecule has 1 fully saturated rings. The first-order valence-corrected chi connectivity index (χ1v) is 12.3. The molecule has 2 atom stereocenters. The second kappa shape index (κ2) is 11.3. The molecule has 16 heteroatoms. The SMILES string of the molecule is O=C(O)N[C@@H](CC(=O)N1CCn2c(C(F)(F)F)nc(C(=O)N3CCCC3CO)c2C1)Cc1cc(F)c(F)cc1F. The number of hydrogen-bond acceptors (Lipinski definition) is 5. The summed E-state index contributed by atoms with van der Waals surface area (Å²) in [7, 11) is 0. The highest BCUT2D eigenvalue weighted by Crippen LogP contribution is 2.33. The van der Waals surface area contributed by atoms with E-state index in [4.69, 9.17) is 5.11 Å². The zero-order valence-corrected chi connectivity index (χ0v) is 20.8. The van der Waals surface area contributed by atoms with E-state index in [2.05, 4.69) is 4.98 Å². The smallest absolute Gasteiger partial charge is 0.449 e. The topological polar surface area (TPSA) is 128 Å². The Labute approximate surface area is 223 Å². The van der Waals surface area contributed by atoms with Gasteiger partial charge < -0.3 is 29.9 Å². The molecule has 1 aromatic heterocycles. The van der Waals surface area contributed by atoms with Crippen LogP contribution in [0.15, 0.2) is 12.1 Å². The molecule has 3 heterocycles. The lowest BCUT2D eigenvalue weighted by Gasteiger charge is -2.31. The number of imidazole rings is 1. The number of carboxylic acid groups (broad SMARTS) is 1. The zero-order valence-electron chi connectivity index (χ0n) is 20.8. The van der Waals surface area contributed by atoms with E-state index in [0.717, 1.165) is 9.47 Å². The molecule has 0 bridgehead atoms. The van der Waals surface area contributed by atoms with Gasteiger partial charge in [-0.1, -0.05) is 0 Å². The van der Waals surface area contributed by atoms with Crippen molar-refractivity contribution in [3.8, 4) is 0 Å². The molecule has 3 N–H and O–H groups in total. The van der Waals surface area contributed by atoms with E-state index in [1.54, 1.807) is 0 Å². The van der Waals surface area contributed by atoms with Crippen LogP contribution >= 0.6 is 0 Å². The minimum Gasteiger partial charge on any atom is -0.465 e. The third-order valence-electron chi connectivity index (χ3n) is 6.97. The van der Waals surface area contributed by atoms with Crippen molar-refractivity contribution in [3.05, 3.63) is 52.4 Å². The fourth-order valence-electron chi connectivity index (χ4n) is 5.07. The predicted molar refractivity (Wildman–Crippen MR) is 123 cm³/mol. The number of carbonyl (C=O) groups is 3. The van der Waals surface area contributed by atoms with Crippen molar-refractivity contribution < 1.29 is 50.9 Å². The number of nitrogens with zero attached hydrogens (tertiary/aromatic N) is 4. The van der Waals surface area contributed by atoms with Crippen molar-refractivity contribution in [1.82, 2.24) is 24.7 Å². The number of rotatable bonds is 7. The molecule has 0 spiro atoms. The maximum absolute atomic E-state index is 14.2. The summed E-state index contributed by atoms with van der Waals surface area (Å²) in [6, 6.07) is -1.05. The minimum absolute atomic E-state index is 0.171. The van der Waals surface area contributed by atoms with Crippen molar-refractivity contribution in [2.24, 2.45) is 0 Å². The third kappa shape index (κ3) is 6.00. The predicted octanol–water partition coefficient (Wildman–Crippen LogP) is 2.53. The van der Waals surface area contributed by atoms with Crippen molar-refractivity contribution in [2.75, 3.05) is 19.7 Å². The van der Waals surface area contributed by atoms with Gasteiger partial charge in [-0.25, -0.2) is 22.9 Å². The molecule has 3 amide bonds. The first-order chi connectivity index (χ1) is 18.8. The Morgan fingerprint density at radius 2 is 1.77 bits per heavy atom. The lowest BCUT2D eigenvalue weighted by molar-refractivity contribution is -0.148. The van der Waals surface area contributed by atoms with Crippen LogP contribution in [0.3, 0.4) is 0 Å². The Morgan fingerprint density at radius 1 is 1.07 bits per heavy atom. The normalized spacial score (nSPS) is 18.0. The summed E-state index contributed by atoms with van der Waals surface area (Å²) in [4.78, 5) is 43.5. The second-order valence-electron chi connectivity index (χ2n) is 9.58. The Balaban J connectivity index is 1.58. The fourth-order valence-corrected chi connectivity index (χ4v) is 5.07. The van der Waals surface area contributed by atoms with E-state index in [-0.39, 0.29) is 38.0 Å². The van der Waals surface area contributed by atoms with Crippen LogP contribution in [0.2, 0.25) is 0 Å². The summed E-state index contributed by atoms with van der Waals surface area (Å²) in [5.41, 5.74) is -1.07. The van der Waals surface area contributed by atoms with Gasteiger partial charge in [0.2, 0.25) is 11.7 Å². The maximum Gasteiger partial charge on any atom is 0.449 e. The van der Waals surface area contributed by atoms with Crippen LogP contribution in [0.25, 0.3) is 0 Å². The van der Waals surface area contributed by atoms with Crippen molar-refractivity contribution in [2.45, 2.75) is 57.0 Å². The molecular formula is C24H25F6N5O5. The number of alkyl halides is 3. The molecule has 1 saturated heterocycles. The van der Waals surface area contributed by atoms with Crippen LogP contribution in [-0.4, -0.2) is 79.3 Å². The van der Waals surface area contributed by atoms with Crippen molar-refractivity contribution in [1.29, 1.82) is 0 Å². The molecular weight excluding hydrogens is 552 g/mol. The number of aliphatic hydroxyl groups is 1. The molecule has 40 heavy (non-hydrogen) atoms. The van der Waals surface area contributed by atoms with Crippen LogP contribution < -0.4 is 5.32 Å². The van der Waals surface area contributed by atoms with Gasteiger partial charge in [0.1, 0.15) is 5.82 Å². The van der Waals surface area contributed by atoms with Gasteiger partial charge in [0, 0.05) is 38.2 Å². The van der Waals surface area contributed by atoms with E-state index in [1.165, 1.54) is 4.90 Å². The monoisotopic (exact) mass is 577 g/mol. The highest BCUT2D eigenvalue weighted by Gasteiger charge is 2.43. The van der Waals surface area contributed by atoms with E-state index < -0.39 is 90.1 Å². The number of carbonyl (C=O) groups excluding carboxylic acids is 2. The molecule has 10 nitrogen and oxygen atoms in total. The van der Waals surface area contributed by atoms with Gasteiger partial charge in [-0.2, -0.15) is 13.2 Å². The quantitative estimate of drug-likeness (QED) is 0.343. The molecule has 218 valence electrons. The minimum atomic E-state index is -4.90. The summed E-state index contributed by atoms with van der Waals surface area (Å²) < 4.78 is 83.1. The van der Waals surface area contributed by atoms with Crippen LogP contribution in [0.1, 0.15) is 46.8 Å². The molecule has 1 aromatic carbocycles. The number of likely N-dealkylation sites (tertiary alicyclic amines) is 1. The molecule has 2 aliphatic rings. The van der Waals surface area contributed by atoms with Crippen LogP contribution in [-0.2, 0) is 30.5 Å². The number of amides is 3. The Morgan fingerprint density at radius 3 is 2.42 bits per heavy atom. The number of fused-ring (bicyclic) bond motifs is 1. The number of hydrogen-bond donors (Lipinski definition) is 3. The molecule has 0 aliphatic carbocycles. The molecule has 2 aromatic rings. The van der Waals surface area contributed by atoms with E-state index in [1.807, 2.05) is 5.32 Å². The number of benzene rings is 1. The van der Waals surface area contributed by atoms with Crippen molar-refractivity contribution >= 4 is 17.9 Å². The van der Waals surface area contributed by atoms with Gasteiger partial charge in [0.05, 0.1) is 24.9 Å². The van der Waals surface area contributed by atoms with Crippen LogP contribution in [0, 0.1) is 17.5 Å². The van der Waals surface area contributed by atoms with Gasteiger partial charge in [-0.15, -0.1) is 0 Å². The second-order valence-corrected chi connectivity index (χ2v) is 9.58. The standard InChI is InChI=1S/C24H25F6N5O5/c25-15-9-17(27)16(26)7-12(15)6-13(31-23(39)40)8-19(37)33-4-5-35-18(10-33)20(32-22(35)24(28,29)30)21(38)34-3-1-2-14(34)11-36/h7,9,13-14,31,36H,1-6,8,10-11H2,(H,39,40)/t13-,14?/m1/s1. The Bertz CT molecular complexity index is 1320. The summed E-state index contributed by atoms with van der Waals surface area (Å²) in [5.74, 6) is -6.85. The van der Waals surface area contributed by atoms with Gasteiger partial charge in [-0.3, -0.25) is 9.59 Å². The largest absolute Gasteiger partial charge is 0.465 e. The number of halogens is 6. The first kappa shape index (κ1) is 29.2. The Kier molecular flexibility index (Phi) is 8.28. The lowest BCUT2D eigenvalue weighted by atomic mass is 10.0. The lowest BCUT2D eigenvalue weighted by Crippen LogP contribution is -2.45. The van der Waals surface area contributed by atoms with E-state index >= 15 is 0 Å². The molecule has 4 rings (SSSR count). The highest BCUT2D eigenvalue weighted by atomic mass is 19.4. The first-order valence-electron chi connectivity index (χ1n) is 12.3. The summed E-state index contributed by atoms with van der Waals surface area (Å²) >= 11 is 0. The van der Waals surface area contributed by atoms with Crippen LogP contribution in [0.5, 0.6) is 0 Å². The van der Waals surface area contributed by atoms with Gasteiger partial charge in [-0.05, 0) is 30.9 Å². The molecule has 0 radical (unpaired) electrons. The highest BCUT2D eigenvalue weighted by molar-refractivity contribution is 5.94. The fraction of sp³-hybridized carbons (Fsp3) is 0.500. The summed E-state index contributed by atoms with van der Waals surface area (Å²) in [6.07, 6.45) is -6.58. The zero-order chi connectivity index (χ0) is 29.4. The number of nitrogens with one attached hydrogen (secondary N) is 1. The van der Waals surface area contributed by atoms with Crippen LogP contribution in [0.4, 0.5) is 31.1 Å². The third-order valence-corrected chi connectivity index (χ3v) is 6.97. The summed E-state index contributed by atoms with van der Waals surface area (Å²) in [5, 5.41) is 20.7. The molecule has 1 unspecified atom stereocenters. The van der Waals surface area contributed by atoms with Gasteiger partial charge in [0.25, 0.3) is 5.91 Å². The average Bonchev–Trinajstić information content (AvgIpc) is 3.51. The van der Waals surface area contributed by atoms with E-state index in [0.29, 0.717) is 18.9 Å².